The van der Waals surface area contributed by atoms with E-state index in [9.17, 15) is 4.79 Å². The van der Waals surface area contributed by atoms with Crippen molar-refractivity contribution < 1.29 is 9.53 Å². The van der Waals surface area contributed by atoms with Crippen molar-refractivity contribution >= 4 is 6.03 Å². The van der Waals surface area contributed by atoms with Crippen LogP contribution in [0.15, 0.2) is 30.3 Å². The van der Waals surface area contributed by atoms with Crippen LogP contribution in [-0.4, -0.2) is 61.3 Å². The van der Waals surface area contributed by atoms with Crippen LogP contribution in [0, 0.1) is 5.92 Å². The molecule has 0 radical (unpaired) electrons. The van der Waals surface area contributed by atoms with Crippen molar-refractivity contribution in [3.8, 4) is 0 Å². The van der Waals surface area contributed by atoms with Gasteiger partial charge in [-0.05, 0) is 37.8 Å². The molecule has 2 saturated heterocycles. The Morgan fingerprint density at radius 3 is 2.88 bits per heavy atom. The predicted octanol–water partition coefficient (Wildman–Crippen LogP) is 2.33. The molecule has 0 unspecified atom stereocenters. The molecule has 2 aliphatic rings. The lowest BCUT2D eigenvalue weighted by atomic mass is 9.97. The fourth-order valence-electron chi connectivity index (χ4n) is 3.65. The largest absolute Gasteiger partial charge is 0.375 e. The molecule has 132 valence electrons. The van der Waals surface area contributed by atoms with E-state index in [2.05, 4.69) is 40.5 Å². The highest BCUT2D eigenvalue weighted by molar-refractivity contribution is 5.74. The molecule has 2 amide bonds. The molecule has 1 N–H and O–H groups in total. The van der Waals surface area contributed by atoms with Crippen LogP contribution in [0.25, 0.3) is 0 Å². The van der Waals surface area contributed by atoms with E-state index in [-0.39, 0.29) is 12.1 Å². The van der Waals surface area contributed by atoms with Crippen LogP contribution >= 0.6 is 0 Å². The summed E-state index contributed by atoms with van der Waals surface area (Å²) in [5.41, 5.74) is 1.37. The maximum atomic E-state index is 12.3. The molecule has 2 heterocycles. The number of nitrogens with zero attached hydrogens (tertiary/aromatic N) is 2. The number of carbonyl (C=O) groups is 1. The van der Waals surface area contributed by atoms with Crippen molar-refractivity contribution in [2.24, 2.45) is 5.92 Å². The second-order valence-electron chi connectivity index (χ2n) is 7.04. The van der Waals surface area contributed by atoms with Crippen LogP contribution in [0.2, 0.25) is 0 Å². The van der Waals surface area contributed by atoms with Crippen molar-refractivity contribution in [3.63, 3.8) is 0 Å². The van der Waals surface area contributed by atoms with E-state index in [4.69, 9.17) is 4.74 Å². The zero-order chi connectivity index (χ0) is 16.8. The first-order chi connectivity index (χ1) is 11.7. The molecule has 1 aromatic rings. The van der Waals surface area contributed by atoms with Crippen LogP contribution in [-0.2, 0) is 11.3 Å². The number of piperidine rings is 1. The number of rotatable bonds is 4. The smallest absolute Gasteiger partial charge is 0.317 e. The summed E-state index contributed by atoms with van der Waals surface area (Å²) in [5.74, 6) is 0.546. The Kier molecular flexibility index (Phi) is 6.10. The fraction of sp³-hybridized carbons (Fsp3) is 0.632. The van der Waals surface area contributed by atoms with Crippen molar-refractivity contribution in [1.82, 2.24) is 15.1 Å². The van der Waals surface area contributed by atoms with Crippen molar-refractivity contribution in [2.75, 3.05) is 39.3 Å². The second-order valence-corrected chi connectivity index (χ2v) is 7.04. The number of morpholine rings is 1. The first-order valence-electron chi connectivity index (χ1n) is 9.11. The first kappa shape index (κ1) is 17.2. The minimum absolute atomic E-state index is 0.0605. The van der Waals surface area contributed by atoms with Gasteiger partial charge in [0.05, 0.1) is 12.7 Å². The Morgan fingerprint density at radius 2 is 2.08 bits per heavy atom. The number of hydrogen-bond acceptors (Lipinski definition) is 3. The maximum absolute atomic E-state index is 12.3. The van der Waals surface area contributed by atoms with Gasteiger partial charge in [-0.1, -0.05) is 30.3 Å². The number of urea groups is 1. The SMILES string of the molecule is C[C@@H]1CN(C(=O)NC[C@H]2CCCN(Cc3ccccc3)C2)CCO1. The fourth-order valence-corrected chi connectivity index (χ4v) is 3.65. The van der Waals surface area contributed by atoms with Gasteiger partial charge in [0, 0.05) is 32.7 Å². The van der Waals surface area contributed by atoms with Crippen LogP contribution in [0.4, 0.5) is 4.79 Å². The molecule has 0 aromatic heterocycles. The van der Waals surface area contributed by atoms with Crippen LogP contribution in [0.3, 0.4) is 0 Å². The second kappa shape index (κ2) is 8.49. The van der Waals surface area contributed by atoms with Gasteiger partial charge in [0.25, 0.3) is 0 Å². The number of likely N-dealkylation sites (tertiary alicyclic amines) is 1. The number of benzene rings is 1. The average molecular weight is 331 g/mol. The molecular weight excluding hydrogens is 302 g/mol. The van der Waals surface area contributed by atoms with E-state index in [0.717, 1.165) is 26.2 Å². The van der Waals surface area contributed by atoms with Crippen LogP contribution in [0.1, 0.15) is 25.3 Å². The zero-order valence-electron chi connectivity index (χ0n) is 14.6. The molecule has 24 heavy (non-hydrogen) atoms. The number of amides is 2. The van der Waals surface area contributed by atoms with Crippen LogP contribution in [0.5, 0.6) is 0 Å². The zero-order valence-corrected chi connectivity index (χ0v) is 14.6. The molecule has 0 saturated carbocycles. The Hall–Kier alpha value is -1.59. The van der Waals surface area contributed by atoms with E-state index < -0.39 is 0 Å². The van der Waals surface area contributed by atoms with E-state index in [1.807, 2.05) is 11.8 Å². The standard InChI is InChI=1S/C19H29N3O2/c1-16-13-22(10-11-24-16)19(23)20-12-18-8-5-9-21(15-18)14-17-6-3-2-4-7-17/h2-4,6-7,16,18H,5,8-15H2,1H3,(H,20,23)/t16-,18-/m1/s1. The maximum Gasteiger partial charge on any atom is 0.317 e. The Labute approximate surface area is 145 Å². The summed E-state index contributed by atoms with van der Waals surface area (Å²) in [5, 5.41) is 3.13. The lowest BCUT2D eigenvalue weighted by Crippen LogP contribution is -2.50. The molecule has 3 rings (SSSR count). The van der Waals surface area contributed by atoms with Crippen molar-refractivity contribution in [3.05, 3.63) is 35.9 Å². The highest BCUT2D eigenvalue weighted by Crippen LogP contribution is 2.18. The topological polar surface area (TPSA) is 44.8 Å². The summed E-state index contributed by atoms with van der Waals surface area (Å²) in [6.45, 7) is 8.04. The molecule has 2 fully saturated rings. The molecular formula is C19H29N3O2. The quantitative estimate of drug-likeness (QED) is 0.921. The van der Waals surface area contributed by atoms with E-state index in [1.165, 1.54) is 18.4 Å². The van der Waals surface area contributed by atoms with E-state index in [1.54, 1.807) is 0 Å². The van der Waals surface area contributed by atoms with Gasteiger partial charge in [-0.3, -0.25) is 4.90 Å². The van der Waals surface area contributed by atoms with Crippen molar-refractivity contribution in [2.45, 2.75) is 32.4 Å². The monoisotopic (exact) mass is 331 g/mol. The molecule has 0 bridgehead atoms. The molecule has 5 heteroatoms. The van der Waals surface area contributed by atoms with Gasteiger partial charge in [0.2, 0.25) is 0 Å². The summed E-state index contributed by atoms with van der Waals surface area (Å²) < 4.78 is 5.49. The van der Waals surface area contributed by atoms with Crippen LogP contribution < -0.4 is 5.32 Å². The third kappa shape index (κ3) is 4.95. The minimum atomic E-state index is 0.0605. The van der Waals surface area contributed by atoms with Crippen molar-refractivity contribution in [1.29, 1.82) is 0 Å². The molecule has 0 aliphatic carbocycles. The van der Waals surface area contributed by atoms with E-state index in [0.29, 0.717) is 25.6 Å². The lowest BCUT2D eigenvalue weighted by molar-refractivity contribution is -0.00370. The van der Waals surface area contributed by atoms with Gasteiger partial charge in [-0.25, -0.2) is 4.79 Å². The Bertz CT molecular complexity index is 523. The highest BCUT2D eigenvalue weighted by atomic mass is 16.5. The Balaban J connectivity index is 1.42. The molecule has 0 spiro atoms. The number of nitrogens with one attached hydrogen (secondary N) is 1. The first-order valence-corrected chi connectivity index (χ1v) is 9.11. The Morgan fingerprint density at radius 1 is 1.25 bits per heavy atom. The highest BCUT2D eigenvalue weighted by Gasteiger charge is 2.24. The number of carbonyl (C=O) groups excluding carboxylic acids is 1. The van der Waals surface area contributed by atoms with Gasteiger partial charge in [-0.15, -0.1) is 0 Å². The van der Waals surface area contributed by atoms with Gasteiger partial charge in [-0.2, -0.15) is 0 Å². The van der Waals surface area contributed by atoms with Gasteiger partial charge >= 0.3 is 6.03 Å². The summed E-state index contributed by atoms with van der Waals surface area (Å²) >= 11 is 0. The van der Waals surface area contributed by atoms with Gasteiger partial charge < -0.3 is 15.0 Å². The molecule has 2 aliphatic heterocycles. The molecule has 5 nitrogen and oxygen atoms in total. The number of hydrogen-bond donors (Lipinski definition) is 1. The minimum Gasteiger partial charge on any atom is -0.375 e. The third-order valence-corrected chi connectivity index (χ3v) is 4.92. The summed E-state index contributed by atoms with van der Waals surface area (Å²) in [4.78, 5) is 16.7. The van der Waals surface area contributed by atoms with Gasteiger partial charge in [0.15, 0.2) is 0 Å². The summed E-state index contributed by atoms with van der Waals surface area (Å²) in [6.07, 6.45) is 2.55. The average Bonchev–Trinajstić information content (AvgIpc) is 2.61. The molecule has 1 aromatic carbocycles. The molecule has 2 atom stereocenters. The van der Waals surface area contributed by atoms with Gasteiger partial charge in [0.1, 0.15) is 0 Å². The third-order valence-electron chi connectivity index (χ3n) is 4.92. The predicted molar refractivity (Wildman–Crippen MR) is 94.8 cm³/mol. The lowest BCUT2D eigenvalue weighted by Gasteiger charge is -2.34. The summed E-state index contributed by atoms with van der Waals surface area (Å²) in [7, 11) is 0. The number of ether oxygens (including phenoxy) is 1. The van der Waals surface area contributed by atoms with E-state index >= 15 is 0 Å². The normalized spacial score (nSPS) is 25.5. The summed E-state index contributed by atoms with van der Waals surface area (Å²) in [6, 6.07) is 10.7.